The summed E-state index contributed by atoms with van der Waals surface area (Å²) in [5.41, 5.74) is -0.604. The molecule has 0 aliphatic carbocycles. The molecule has 4 rings (SSSR count). The van der Waals surface area contributed by atoms with Crippen LogP contribution in [0.4, 0.5) is 17.8 Å². The first-order chi connectivity index (χ1) is 17.8. The minimum atomic E-state index is -0.328. The van der Waals surface area contributed by atoms with Gasteiger partial charge in [0, 0.05) is 38.5 Å². The Morgan fingerprint density at radius 2 is 0.700 bits per heavy atom. The fourth-order valence-corrected chi connectivity index (χ4v) is 9.42. The Kier molecular flexibility index (Phi) is 7.10. The van der Waals surface area contributed by atoms with E-state index in [2.05, 4.69) is 104 Å². The molecule has 0 amide bonds. The monoisotopic (exact) mass is 560 g/mol. The fraction of sp³-hybridized carbons (Fsp3) is 0.909. The Hall–Kier alpha value is -1.15. The minimum Gasteiger partial charge on any atom is -0.393 e. The summed E-state index contributed by atoms with van der Waals surface area (Å²) in [6, 6.07) is 0. The first-order valence-corrected chi connectivity index (χ1v) is 15.9. The highest BCUT2D eigenvalue weighted by Crippen LogP contribution is 2.53. The van der Waals surface area contributed by atoms with Crippen LogP contribution in [0.25, 0.3) is 0 Å². The lowest BCUT2D eigenvalue weighted by Crippen LogP contribution is -2.76. The van der Waals surface area contributed by atoms with Gasteiger partial charge in [-0.05, 0) is 95.9 Å². The topological polar surface area (TPSA) is 58.9 Å². The Morgan fingerprint density at radius 3 is 0.950 bits per heavy atom. The summed E-state index contributed by atoms with van der Waals surface area (Å²) in [4.78, 5) is 16.8. The van der Waals surface area contributed by atoms with Gasteiger partial charge in [-0.15, -0.1) is 15.0 Å². The summed E-state index contributed by atoms with van der Waals surface area (Å²) in [7, 11) is 7.07. The predicted octanol–water partition coefficient (Wildman–Crippen LogP) is 6.88. The van der Waals surface area contributed by atoms with E-state index in [0.29, 0.717) is 13.4 Å². The number of hydrogen-bond acceptors (Lipinski definition) is 4. The van der Waals surface area contributed by atoms with Crippen LogP contribution < -0.4 is 13.4 Å². The van der Waals surface area contributed by atoms with Gasteiger partial charge in [0.15, 0.2) is 0 Å². The molecule has 4 heterocycles. The van der Waals surface area contributed by atoms with Crippen LogP contribution in [0.5, 0.6) is 0 Å². The summed E-state index contributed by atoms with van der Waals surface area (Å²) in [5, 5.41) is 11.0. The molecule has 1 aromatic rings. The summed E-state index contributed by atoms with van der Waals surface area (Å²) in [6.07, 6.45) is 8.11. The van der Waals surface area contributed by atoms with Gasteiger partial charge in [-0.1, -0.05) is 0 Å². The van der Waals surface area contributed by atoms with E-state index >= 15 is 0 Å². The minimum absolute atomic E-state index is 0.0230. The number of piperidine rings is 3. The molecule has 1 N–H and O–H groups in total. The molecular weight excluding hydrogens is 496 g/mol. The molecule has 0 saturated carbocycles. The van der Waals surface area contributed by atoms with E-state index in [4.69, 9.17) is 15.0 Å². The molecule has 0 spiro atoms. The third kappa shape index (κ3) is 4.00. The van der Waals surface area contributed by atoms with Gasteiger partial charge in [0.2, 0.25) is 0 Å². The molecule has 7 nitrogen and oxygen atoms in total. The van der Waals surface area contributed by atoms with Gasteiger partial charge in [0.05, 0.1) is 27.2 Å². The normalized spacial score (nSPS) is 34.6. The maximum atomic E-state index is 11.0. The van der Waals surface area contributed by atoms with E-state index in [-0.39, 0.29) is 39.3 Å². The van der Waals surface area contributed by atoms with E-state index in [1.54, 1.807) is 0 Å². The molecule has 7 heteroatoms. The fourth-order valence-electron chi connectivity index (χ4n) is 9.42. The van der Waals surface area contributed by atoms with E-state index in [0.717, 1.165) is 56.4 Å². The molecule has 40 heavy (non-hydrogen) atoms. The average molecular weight is 560 g/mol. The Bertz CT molecular complexity index is 1040. The largest absolute Gasteiger partial charge is 0.393 e. The third-order valence-corrected chi connectivity index (χ3v) is 13.7. The standard InChI is InChI=1S/C33H63N6O/c1-28(2)18-16-19-29(3,4)37(28,13)25-34-26(38(14)30(5,6)20-17-21-31(38,7)8)36-27(35-25)39(15)32(9,10)22-24(40)23-33(39,11)12/h24,40H,16-23H2,1-15H3/q+3. The highest BCUT2D eigenvalue weighted by molar-refractivity contribution is 5.48. The molecule has 0 atom stereocenters. The Morgan fingerprint density at radius 1 is 0.475 bits per heavy atom. The van der Waals surface area contributed by atoms with Crippen LogP contribution in [-0.2, 0) is 0 Å². The number of hydrogen-bond donors (Lipinski definition) is 1. The van der Waals surface area contributed by atoms with Crippen molar-refractivity contribution < 1.29 is 5.11 Å². The van der Waals surface area contributed by atoms with Crippen molar-refractivity contribution in [3.05, 3.63) is 0 Å². The number of likely N-dealkylation sites (tertiary alicyclic amines) is 3. The molecule has 3 saturated heterocycles. The third-order valence-electron chi connectivity index (χ3n) is 13.7. The lowest BCUT2D eigenvalue weighted by atomic mass is 9.75. The molecule has 3 aliphatic rings. The van der Waals surface area contributed by atoms with Crippen molar-refractivity contribution in [2.45, 2.75) is 174 Å². The number of aromatic nitrogens is 3. The quantitative estimate of drug-likeness (QED) is 0.410. The molecule has 3 fully saturated rings. The zero-order valence-corrected chi connectivity index (χ0v) is 28.9. The second-order valence-corrected chi connectivity index (χ2v) is 17.9. The van der Waals surface area contributed by atoms with Crippen LogP contribution in [0.1, 0.15) is 134 Å². The second kappa shape index (κ2) is 8.93. The first-order valence-electron chi connectivity index (χ1n) is 15.9. The van der Waals surface area contributed by atoms with Crippen LogP contribution in [0.3, 0.4) is 0 Å². The molecule has 3 aliphatic heterocycles. The van der Waals surface area contributed by atoms with Crippen molar-refractivity contribution in [2.24, 2.45) is 0 Å². The van der Waals surface area contributed by atoms with Gasteiger partial charge in [-0.3, -0.25) is 13.4 Å². The summed E-state index contributed by atoms with van der Waals surface area (Å²) in [6.45, 7) is 28.4. The number of aliphatic hydroxyl groups is 1. The maximum Gasteiger partial charge on any atom is 0.342 e. The zero-order chi connectivity index (χ0) is 30.6. The van der Waals surface area contributed by atoms with Gasteiger partial charge in [-0.25, -0.2) is 0 Å². The van der Waals surface area contributed by atoms with E-state index in [1.807, 2.05) is 0 Å². The zero-order valence-electron chi connectivity index (χ0n) is 28.9. The Labute approximate surface area is 246 Å². The first kappa shape index (κ1) is 31.8. The maximum absolute atomic E-state index is 11.0. The van der Waals surface area contributed by atoms with Gasteiger partial charge in [0.1, 0.15) is 33.2 Å². The summed E-state index contributed by atoms with van der Waals surface area (Å²) in [5.74, 6) is 2.67. The van der Waals surface area contributed by atoms with Crippen molar-refractivity contribution in [1.29, 1.82) is 0 Å². The number of quaternary nitrogens is 3. The van der Waals surface area contributed by atoms with Crippen LogP contribution in [0.15, 0.2) is 0 Å². The van der Waals surface area contributed by atoms with Gasteiger partial charge >= 0.3 is 17.8 Å². The second-order valence-electron chi connectivity index (χ2n) is 17.9. The van der Waals surface area contributed by atoms with Crippen molar-refractivity contribution in [1.82, 2.24) is 28.4 Å². The van der Waals surface area contributed by atoms with Crippen LogP contribution >= 0.6 is 0 Å². The molecule has 0 aromatic carbocycles. The molecule has 0 unspecified atom stereocenters. The average Bonchev–Trinajstić information content (AvgIpc) is 2.77. The highest BCUT2D eigenvalue weighted by Gasteiger charge is 2.64. The molecule has 228 valence electrons. The molecular formula is C33H63N6O+3. The highest BCUT2D eigenvalue weighted by atomic mass is 16.3. The van der Waals surface area contributed by atoms with E-state index in [1.165, 1.54) is 12.8 Å². The lowest BCUT2D eigenvalue weighted by molar-refractivity contribution is -0.0638. The summed E-state index contributed by atoms with van der Waals surface area (Å²) >= 11 is 0. The van der Waals surface area contributed by atoms with Crippen LogP contribution in [0.2, 0.25) is 0 Å². The van der Waals surface area contributed by atoms with E-state index < -0.39 is 0 Å². The van der Waals surface area contributed by atoms with Crippen molar-refractivity contribution in [3.8, 4) is 0 Å². The molecule has 0 radical (unpaired) electrons. The lowest BCUT2D eigenvalue weighted by Gasteiger charge is -2.60. The van der Waals surface area contributed by atoms with Crippen LogP contribution in [-0.4, -0.2) is 80.5 Å². The predicted molar refractivity (Wildman–Crippen MR) is 170 cm³/mol. The summed E-state index contributed by atoms with van der Waals surface area (Å²) < 4.78 is 1.95. The van der Waals surface area contributed by atoms with Crippen LogP contribution in [0, 0.1) is 0 Å². The number of rotatable bonds is 3. The van der Waals surface area contributed by atoms with E-state index in [9.17, 15) is 5.11 Å². The number of nitrogens with zero attached hydrogens (tertiary/aromatic N) is 6. The van der Waals surface area contributed by atoms with Crippen molar-refractivity contribution in [3.63, 3.8) is 0 Å². The number of aliphatic hydroxyl groups excluding tert-OH is 1. The molecule has 0 bridgehead atoms. The smallest absolute Gasteiger partial charge is 0.342 e. The van der Waals surface area contributed by atoms with Gasteiger partial charge in [0.25, 0.3) is 0 Å². The van der Waals surface area contributed by atoms with Crippen molar-refractivity contribution in [2.75, 3.05) is 21.1 Å². The van der Waals surface area contributed by atoms with Gasteiger partial charge in [-0.2, -0.15) is 0 Å². The van der Waals surface area contributed by atoms with Crippen molar-refractivity contribution >= 4 is 17.8 Å². The molecule has 1 aromatic heterocycles. The Balaban J connectivity index is 2.13. The van der Waals surface area contributed by atoms with Gasteiger partial charge < -0.3 is 5.11 Å². The SMILES string of the molecule is CC1(C)CCCC(C)(C)[N+]1(C)c1nc([N+]2(C)C(C)(C)CCCC2(C)C)nc([N+]2(C)C(C)(C)CC(O)CC2(C)C)n1.